The number of sulfonamides is 2. The quantitative estimate of drug-likeness (QED) is 0.367. The van der Waals surface area contributed by atoms with Gasteiger partial charge in [-0.15, -0.1) is 6.58 Å². The van der Waals surface area contributed by atoms with Crippen LogP contribution in [0.25, 0.3) is 0 Å². The van der Waals surface area contributed by atoms with Crippen LogP contribution >= 0.6 is 11.6 Å². The van der Waals surface area contributed by atoms with Crippen LogP contribution in [0.15, 0.2) is 51.4 Å². The molecule has 1 aromatic rings. The van der Waals surface area contributed by atoms with Crippen LogP contribution in [0.3, 0.4) is 0 Å². The number of aliphatic hydroxyl groups excluding tert-OH is 1. The zero-order chi connectivity index (χ0) is 18.5. The Balaban J connectivity index is 3.64. The second-order valence-corrected chi connectivity index (χ2v) is 8.19. The van der Waals surface area contributed by atoms with E-state index in [0.29, 0.717) is 0 Å². The first-order chi connectivity index (χ1) is 11.0. The van der Waals surface area contributed by atoms with Crippen LogP contribution in [0, 0.1) is 0 Å². The summed E-state index contributed by atoms with van der Waals surface area (Å²) in [4.78, 5) is 2.90. The first-order valence-electron chi connectivity index (χ1n) is 6.36. The van der Waals surface area contributed by atoms with Crippen molar-refractivity contribution in [2.75, 3.05) is 6.54 Å². The summed E-state index contributed by atoms with van der Waals surface area (Å²) in [6.07, 6.45) is 3.67. The normalized spacial score (nSPS) is 13.4. The lowest BCUT2D eigenvalue weighted by Crippen LogP contribution is -2.24. The van der Waals surface area contributed by atoms with Crippen LogP contribution in [-0.2, 0) is 20.0 Å². The molecule has 1 rings (SSSR count). The predicted molar refractivity (Wildman–Crippen MR) is 92.7 cm³/mol. The number of aliphatic imine (C=N–C) groups is 1. The number of halogens is 1. The highest BCUT2D eigenvalue weighted by Gasteiger charge is 2.24. The van der Waals surface area contributed by atoms with Crippen molar-refractivity contribution in [2.24, 2.45) is 10.1 Å². The monoisotopic (exact) mass is 393 g/mol. The van der Waals surface area contributed by atoms with Crippen molar-refractivity contribution in [1.29, 1.82) is 0 Å². The molecule has 0 unspecified atom stereocenters. The molecule has 0 radical (unpaired) electrons. The number of hydrogen-bond acceptors (Lipinski definition) is 6. The summed E-state index contributed by atoms with van der Waals surface area (Å²) in [5, 5.41) is 13.8. The molecule has 11 heteroatoms. The summed E-state index contributed by atoms with van der Waals surface area (Å²) in [6.45, 7) is 4.71. The molecule has 0 fully saturated rings. The standard InChI is InChI=1S/C13H16ClN3O5S2/c1-3-5-17-24(21,22)13-8-12(23(15,19)20)10(14)7-11(13)16-6-4-9(2)18/h3-4,6-8,17-18H,1,5H2,2H3,(H2,15,19,20). The lowest BCUT2D eigenvalue weighted by Gasteiger charge is -2.11. The van der Waals surface area contributed by atoms with Crippen LogP contribution in [0.4, 0.5) is 5.69 Å². The van der Waals surface area contributed by atoms with E-state index in [0.717, 1.165) is 18.3 Å². The van der Waals surface area contributed by atoms with Gasteiger partial charge in [-0.25, -0.2) is 26.7 Å². The first-order valence-corrected chi connectivity index (χ1v) is 9.76. The van der Waals surface area contributed by atoms with Gasteiger partial charge in [-0.05, 0) is 25.1 Å². The van der Waals surface area contributed by atoms with Crippen molar-refractivity contribution < 1.29 is 21.9 Å². The third-order valence-corrected chi connectivity index (χ3v) is 5.38. The maximum Gasteiger partial charge on any atom is 0.243 e. The van der Waals surface area contributed by atoms with Gasteiger partial charge in [0.1, 0.15) is 9.79 Å². The molecule has 0 atom stereocenters. The molecule has 0 amide bonds. The molecule has 0 aromatic heterocycles. The Morgan fingerprint density at radius 2 is 2.00 bits per heavy atom. The van der Waals surface area contributed by atoms with Crippen molar-refractivity contribution in [1.82, 2.24) is 4.72 Å². The molecule has 24 heavy (non-hydrogen) atoms. The van der Waals surface area contributed by atoms with E-state index in [-0.39, 0.29) is 23.0 Å². The van der Waals surface area contributed by atoms with Crippen LogP contribution in [0.2, 0.25) is 5.02 Å². The summed E-state index contributed by atoms with van der Waals surface area (Å²) >= 11 is 5.85. The van der Waals surface area contributed by atoms with Gasteiger partial charge >= 0.3 is 0 Å². The summed E-state index contributed by atoms with van der Waals surface area (Å²) in [5.74, 6) is -0.0554. The smallest absolute Gasteiger partial charge is 0.243 e. The maximum absolute atomic E-state index is 12.3. The minimum atomic E-state index is -4.24. The van der Waals surface area contributed by atoms with E-state index < -0.39 is 29.8 Å². The largest absolute Gasteiger partial charge is 0.513 e. The molecule has 0 heterocycles. The van der Waals surface area contributed by atoms with Crippen LogP contribution in [-0.4, -0.2) is 34.7 Å². The molecule has 0 aliphatic carbocycles. The molecule has 0 saturated heterocycles. The lowest BCUT2D eigenvalue weighted by molar-refractivity contribution is 0.415. The lowest BCUT2D eigenvalue weighted by atomic mass is 10.3. The van der Waals surface area contributed by atoms with Crippen LogP contribution in [0.1, 0.15) is 6.92 Å². The number of nitrogens with zero attached hydrogens (tertiary/aromatic N) is 1. The summed E-state index contributed by atoms with van der Waals surface area (Å²) in [7, 11) is -8.34. The number of aliphatic hydroxyl groups is 1. The number of rotatable bonds is 7. The Labute approximate surface area is 145 Å². The fourth-order valence-electron chi connectivity index (χ4n) is 1.53. The second kappa shape index (κ2) is 7.90. The zero-order valence-electron chi connectivity index (χ0n) is 12.6. The summed E-state index contributed by atoms with van der Waals surface area (Å²) in [6, 6.07) is 1.88. The van der Waals surface area contributed by atoms with Gasteiger partial charge in [0.15, 0.2) is 0 Å². The Morgan fingerprint density at radius 1 is 1.38 bits per heavy atom. The summed E-state index contributed by atoms with van der Waals surface area (Å²) < 4.78 is 49.9. The van der Waals surface area contributed by atoms with E-state index >= 15 is 0 Å². The number of nitrogens with one attached hydrogen (secondary N) is 1. The van der Waals surface area contributed by atoms with E-state index in [2.05, 4.69) is 16.3 Å². The zero-order valence-corrected chi connectivity index (χ0v) is 15.0. The third-order valence-electron chi connectivity index (χ3n) is 2.56. The molecule has 0 saturated carbocycles. The van der Waals surface area contributed by atoms with E-state index in [4.69, 9.17) is 21.8 Å². The van der Waals surface area contributed by atoms with Gasteiger partial charge in [-0.1, -0.05) is 17.7 Å². The van der Waals surface area contributed by atoms with Crippen molar-refractivity contribution in [2.45, 2.75) is 16.7 Å². The Hall–Kier alpha value is -1.72. The topological polar surface area (TPSA) is 139 Å². The molecular weight excluding hydrogens is 378 g/mol. The van der Waals surface area contributed by atoms with Gasteiger partial charge in [0.2, 0.25) is 20.0 Å². The number of nitrogens with two attached hydrogens (primary N) is 1. The van der Waals surface area contributed by atoms with Crippen LogP contribution < -0.4 is 9.86 Å². The predicted octanol–water partition coefficient (Wildman–Crippen LogP) is 1.62. The van der Waals surface area contributed by atoms with Gasteiger partial charge in [-0.3, -0.25) is 4.99 Å². The fourth-order valence-corrected chi connectivity index (χ4v) is 3.85. The highest BCUT2D eigenvalue weighted by Crippen LogP contribution is 2.32. The average Bonchev–Trinajstić information content (AvgIpc) is 2.43. The Morgan fingerprint density at radius 3 is 2.50 bits per heavy atom. The van der Waals surface area contributed by atoms with E-state index in [1.54, 1.807) is 0 Å². The first kappa shape index (κ1) is 20.3. The van der Waals surface area contributed by atoms with E-state index in [1.807, 2.05) is 0 Å². The van der Waals surface area contributed by atoms with Crippen molar-refractivity contribution in [3.05, 3.63) is 41.6 Å². The number of hydrogen-bond donors (Lipinski definition) is 3. The fraction of sp³-hybridized carbons (Fsp3) is 0.154. The Bertz CT molecular complexity index is 902. The molecule has 4 N–H and O–H groups in total. The number of allylic oxidation sites excluding steroid dienone is 2. The minimum absolute atomic E-state index is 0.0554. The van der Waals surface area contributed by atoms with Gasteiger partial charge in [-0.2, -0.15) is 0 Å². The molecule has 1 aromatic carbocycles. The minimum Gasteiger partial charge on any atom is -0.513 e. The molecule has 0 aliphatic heterocycles. The number of primary sulfonamides is 1. The van der Waals surface area contributed by atoms with E-state index in [1.165, 1.54) is 19.1 Å². The average molecular weight is 394 g/mol. The van der Waals surface area contributed by atoms with Gasteiger partial charge < -0.3 is 5.11 Å². The highest BCUT2D eigenvalue weighted by molar-refractivity contribution is 7.90. The van der Waals surface area contributed by atoms with Crippen molar-refractivity contribution >= 4 is 43.5 Å². The van der Waals surface area contributed by atoms with Crippen molar-refractivity contribution in [3.63, 3.8) is 0 Å². The maximum atomic E-state index is 12.3. The van der Waals surface area contributed by atoms with Crippen LogP contribution in [0.5, 0.6) is 0 Å². The molecule has 0 spiro atoms. The molecular formula is C13H16ClN3O5S2. The third kappa shape index (κ3) is 5.42. The molecule has 0 aliphatic rings. The van der Waals surface area contributed by atoms with E-state index in [9.17, 15) is 16.8 Å². The molecule has 132 valence electrons. The molecule has 8 nitrogen and oxygen atoms in total. The summed E-state index contributed by atoms with van der Waals surface area (Å²) in [5.41, 5.74) is -0.124. The molecule has 0 bridgehead atoms. The number of benzene rings is 1. The Kier molecular flexibility index (Phi) is 6.69. The highest BCUT2D eigenvalue weighted by atomic mass is 35.5. The second-order valence-electron chi connectivity index (χ2n) is 4.52. The van der Waals surface area contributed by atoms with Gasteiger partial charge in [0, 0.05) is 12.8 Å². The van der Waals surface area contributed by atoms with Crippen molar-refractivity contribution in [3.8, 4) is 0 Å². The van der Waals surface area contributed by atoms with Gasteiger partial charge in [0.25, 0.3) is 0 Å². The van der Waals surface area contributed by atoms with Gasteiger partial charge in [0.05, 0.1) is 16.5 Å². The SMILES string of the molecule is C=CCNS(=O)(=O)c1cc(S(N)(=O)=O)c(Cl)cc1N=CC=C(C)O.